The SMILES string of the molecule is C=C1CCC(COc2c(C#N)c(C(F)(F)F)nn2-c2ccc(S(N)(=O)=O)cn2)CC1. The van der Waals surface area contributed by atoms with Gasteiger partial charge in [0, 0.05) is 6.20 Å². The van der Waals surface area contributed by atoms with Gasteiger partial charge in [-0.1, -0.05) is 12.2 Å². The van der Waals surface area contributed by atoms with E-state index in [-0.39, 0.29) is 23.2 Å². The summed E-state index contributed by atoms with van der Waals surface area (Å²) in [5.74, 6) is -0.455. The van der Waals surface area contributed by atoms with Crippen LogP contribution in [0.3, 0.4) is 0 Å². The monoisotopic (exact) mass is 441 g/mol. The Morgan fingerprint density at radius 2 is 2.00 bits per heavy atom. The van der Waals surface area contributed by atoms with Crippen molar-refractivity contribution in [3.63, 3.8) is 0 Å². The molecule has 1 aliphatic carbocycles. The lowest BCUT2D eigenvalue weighted by atomic mass is 9.87. The highest BCUT2D eigenvalue weighted by Crippen LogP contribution is 2.37. The Morgan fingerprint density at radius 1 is 1.33 bits per heavy atom. The molecule has 3 rings (SSSR count). The summed E-state index contributed by atoms with van der Waals surface area (Å²) in [7, 11) is -4.03. The quantitative estimate of drug-likeness (QED) is 0.712. The number of pyridine rings is 1. The predicted octanol–water partition coefficient (Wildman–Crippen LogP) is 2.93. The van der Waals surface area contributed by atoms with Crippen LogP contribution in [-0.2, 0) is 16.2 Å². The summed E-state index contributed by atoms with van der Waals surface area (Å²) in [5.41, 5.74) is -1.05. The Bertz CT molecular complexity index is 1090. The van der Waals surface area contributed by atoms with Gasteiger partial charge in [-0.15, -0.1) is 0 Å². The van der Waals surface area contributed by atoms with E-state index in [1.165, 1.54) is 6.07 Å². The first kappa shape index (κ1) is 21.8. The number of allylic oxidation sites excluding steroid dienone is 1. The van der Waals surface area contributed by atoms with E-state index in [9.17, 15) is 26.9 Å². The third-order valence-electron chi connectivity index (χ3n) is 4.76. The fourth-order valence-corrected chi connectivity index (χ4v) is 3.56. The molecule has 1 aliphatic rings. The minimum Gasteiger partial charge on any atom is -0.476 e. The minimum atomic E-state index is -4.89. The highest BCUT2D eigenvalue weighted by Gasteiger charge is 2.41. The molecule has 0 amide bonds. The molecule has 30 heavy (non-hydrogen) atoms. The Balaban J connectivity index is 2.00. The third kappa shape index (κ3) is 4.63. The van der Waals surface area contributed by atoms with Crippen LogP contribution in [-0.4, -0.2) is 29.8 Å². The Labute approximate surface area is 170 Å². The molecule has 2 aromatic heterocycles. The van der Waals surface area contributed by atoms with E-state index >= 15 is 0 Å². The molecular formula is C18H18F3N5O3S. The zero-order valence-electron chi connectivity index (χ0n) is 15.7. The molecule has 160 valence electrons. The van der Waals surface area contributed by atoms with Crippen molar-refractivity contribution in [3.05, 3.63) is 41.7 Å². The number of nitrogens with two attached hydrogens (primary N) is 1. The number of nitrogens with zero attached hydrogens (tertiary/aromatic N) is 4. The normalized spacial score (nSPS) is 15.8. The van der Waals surface area contributed by atoms with Crippen molar-refractivity contribution >= 4 is 10.0 Å². The molecule has 8 nitrogen and oxygen atoms in total. The van der Waals surface area contributed by atoms with E-state index < -0.39 is 33.3 Å². The number of sulfonamides is 1. The summed E-state index contributed by atoms with van der Waals surface area (Å²) in [5, 5.41) is 17.8. The van der Waals surface area contributed by atoms with Gasteiger partial charge in [0.25, 0.3) is 0 Å². The van der Waals surface area contributed by atoms with E-state index in [0.29, 0.717) is 0 Å². The molecular weight excluding hydrogens is 423 g/mol. The van der Waals surface area contributed by atoms with Gasteiger partial charge in [-0.3, -0.25) is 0 Å². The van der Waals surface area contributed by atoms with Gasteiger partial charge in [0.05, 0.1) is 6.61 Å². The number of ether oxygens (including phenoxy) is 1. The van der Waals surface area contributed by atoms with Gasteiger partial charge in [0.2, 0.25) is 15.9 Å². The van der Waals surface area contributed by atoms with Gasteiger partial charge in [-0.25, -0.2) is 18.5 Å². The number of nitriles is 1. The number of hydrogen-bond acceptors (Lipinski definition) is 6. The van der Waals surface area contributed by atoms with Crippen LogP contribution < -0.4 is 9.88 Å². The van der Waals surface area contributed by atoms with Crippen LogP contribution in [0.2, 0.25) is 0 Å². The van der Waals surface area contributed by atoms with Gasteiger partial charge < -0.3 is 4.74 Å². The molecule has 0 spiro atoms. The summed E-state index contributed by atoms with van der Waals surface area (Å²) in [6.45, 7) is 4.02. The molecule has 1 saturated carbocycles. The maximum atomic E-state index is 13.4. The first-order chi connectivity index (χ1) is 14.0. The standard InChI is InChI=1S/C18H18F3N5O3S/c1-11-2-4-12(5-3-11)10-29-17-14(8-22)16(18(19,20)21)25-26(17)15-7-6-13(9-24-15)30(23,27)28/h6-7,9,12H,1-5,10H2,(H2,23,27,28). The minimum absolute atomic E-state index is 0.0949. The maximum absolute atomic E-state index is 13.4. The van der Waals surface area contributed by atoms with Crippen LogP contribution in [0.5, 0.6) is 5.88 Å². The van der Waals surface area contributed by atoms with Crippen molar-refractivity contribution in [2.24, 2.45) is 11.1 Å². The zero-order valence-corrected chi connectivity index (χ0v) is 16.5. The van der Waals surface area contributed by atoms with E-state index in [0.717, 1.165) is 54.3 Å². The van der Waals surface area contributed by atoms with Crippen LogP contribution in [0.25, 0.3) is 5.82 Å². The van der Waals surface area contributed by atoms with Gasteiger partial charge >= 0.3 is 6.18 Å². The van der Waals surface area contributed by atoms with Crippen LogP contribution in [0.4, 0.5) is 13.2 Å². The van der Waals surface area contributed by atoms with Crippen LogP contribution >= 0.6 is 0 Å². The van der Waals surface area contributed by atoms with E-state index in [2.05, 4.69) is 16.7 Å². The molecule has 0 bridgehead atoms. The number of alkyl halides is 3. The molecule has 2 heterocycles. The van der Waals surface area contributed by atoms with Gasteiger partial charge in [0.1, 0.15) is 16.5 Å². The van der Waals surface area contributed by atoms with E-state index in [1.54, 1.807) is 0 Å². The molecule has 2 aromatic rings. The largest absolute Gasteiger partial charge is 0.476 e. The molecule has 2 N–H and O–H groups in total. The number of rotatable bonds is 5. The first-order valence-corrected chi connectivity index (χ1v) is 10.4. The number of aromatic nitrogens is 3. The predicted molar refractivity (Wildman–Crippen MR) is 99.0 cm³/mol. The molecule has 12 heteroatoms. The topological polar surface area (TPSA) is 124 Å². The number of hydrogen-bond donors (Lipinski definition) is 1. The average molecular weight is 441 g/mol. The average Bonchev–Trinajstić information content (AvgIpc) is 3.06. The highest BCUT2D eigenvalue weighted by molar-refractivity contribution is 7.89. The fraction of sp³-hybridized carbons (Fsp3) is 0.389. The lowest BCUT2D eigenvalue weighted by Crippen LogP contribution is -2.18. The third-order valence-corrected chi connectivity index (χ3v) is 5.66. The van der Waals surface area contributed by atoms with Crippen molar-refractivity contribution in [2.45, 2.75) is 36.8 Å². The van der Waals surface area contributed by atoms with Crippen molar-refractivity contribution in [1.29, 1.82) is 5.26 Å². The van der Waals surface area contributed by atoms with E-state index in [1.807, 2.05) is 0 Å². The summed E-state index contributed by atoms with van der Waals surface area (Å²) >= 11 is 0. The van der Waals surface area contributed by atoms with Crippen molar-refractivity contribution in [1.82, 2.24) is 14.8 Å². The van der Waals surface area contributed by atoms with Crippen molar-refractivity contribution in [2.75, 3.05) is 6.61 Å². The second-order valence-electron chi connectivity index (χ2n) is 6.95. The number of primary sulfonamides is 1. The zero-order chi connectivity index (χ0) is 22.1. The molecule has 0 unspecified atom stereocenters. The molecule has 0 aliphatic heterocycles. The smallest absolute Gasteiger partial charge is 0.436 e. The van der Waals surface area contributed by atoms with Crippen molar-refractivity contribution in [3.8, 4) is 17.8 Å². The second-order valence-corrected chi connectivity index (χ2v) is 8.51. The van der Waals surface area contributed by atoms with Gasteiger partial charge in [0.15, 0.2) is 11.5 Å². The lowest BCUT2D eigenvalue weighted by molar-refractivity contribution is -0.141. The Morgan fingerprint density at radius 3 is 2.50 bits per heavy atom. The maximum Gasteiger partial charge on any atom is 0.436 e. The van der Waals surface area contributed by atoms with Crippen LogP contribution in [0.15, 0.2) is 35.4 Å². The van der Waals surface area contributed by atoms with E-state index in [4.69, 9.17) is 9.88 Å². The molecule has 0 radical (unpaired) electrons. The van der Waals surface area contributed by atoms with Crippen LogP contribution in [0.1, 0.15) is 36.9 Å². The summed E-state index contributed by atoms with van der Waals surface area (Å²) in [6.07, 6.45) is -0.824. The summed E-state index contributed by atoms with van der Waals surface area (Å²) in [6, 6.07) is 3.71. The molecule has 0 aromatic carbocycles. The molecule has 1 fully saturated rings. The Hall–Kier alpha value is -2.91. The fourth-order valence-electron chi connectivity index (χ4n) is 3.11. The molecule has 0 atom stereocenters. The second kappa shape index (κ2) is 8.08. The van der Waals surface area contributed by atoms with Gasteiger partial charge in [-0.05, 0) is 43.7 Å². The number of halogens is 3. The van der Waals surface area contributed by atoms with Crippen molar-refractivity contribution < 1.29 is 26.3 Å². The van der Waals surface area contributed by atoms with Gasteiger partial charge in [-0.2, -0.15) is 28.2 Å². The highest BCUT2D eigenvalue weighted by atomic mass is 32.2. The lowest BCUT2D eigenvalue weighted by Gasteiger charge is -2.23. The summed E-state index contributed by atoms with van der Waals surface area (Å²) in [4.78, 5) is 3.50. The Kier molecular flexibility index (Phi) is 5.87. The summed E-state index contributed by atoms with van der Waals surface area (Å²) < 4.78 is 69.3. The first-order valence-electron chi connectivity index (χ1n) is 8.89. The van der Waals surface area contributed by atoms with Crippen LogP contribution in [0, 0.1) is 17.2 Å². The molecule has 0 saturated heterocycles.